The molecule has 1 N–H and O–H groups in total. The highest BCUT2D eigenvalue weighted by Gasteiger charge is 2.46. The van der Waals surface area contributed by atoms with Gasteiger partial charge in [-0.05, 0) is 38.5 Å². The minimum absolute atomic E-state index is 0.0882. The first-order valence-electron chi connectivity index (χ1n) is 8.90. The molecule has 0 saturated heterocycles. The summed E-state index contributed by atoms with van der Waals surface area (Å²) in [4.78, 5) is 28.4. The Labute approximate surface area is 168 Å². The second kappa shape index (κ2) is 7.60. The molecule has 1 aromatic rings. The highest BCUT2D eigenvalue weighted by atomic mass is 35.5. The molecule has 144 valence electrons. The van der Waals surface area contributed by atoms with Crippen molar-refractivity contribution in [3.05, 3.63) is 50.5 Å². The van der Waals surface area contributed by atoms with E-state index in [4.69, 9.17) is 16.3 Å². The Balaban J connectivity index is 1.97. The van der Waals surface area contributed by atoms with Crippen LogP contribution in [0.5, 0.6) is 5.75 Å². The van der Waals surface area contributed by atoms with Crippen molar-refractivity contribution in [2.24, 2.45) is 0 Å². The molecule has 0 radical (unpaired) electrons. The minimum Gasteiger partial charge on any atom is -0.496 e. The number of rotatable bonds is 6. The van der Waals surface area contributed by atoms with Gasteiger partial charge in [-0.15, -0.1) is 0 Å². The number of carbonyl (C=O) groups is 2. The quantitative estimate of drug-likeness (QED) is 0.562. The van der Waals surface area contributed by atoms with E-state index in [1.54, 1.807) is 24.3 Å². The van der Waals surface area contributed by atoms with Crippen LogP contribution in [-0.2, 0) is 4.79 Å². The maximum atomic E-state index is 12.9. The average Bonchev–Trinajstić information content (AvgIpc) is 3.08. The van der Waals surface area contributed by atoms with Crippen LogP contribution in [0.3, 0.4) is 0 Å². The predicted molar refractivity (Wildman–Crippen MR) is 109 cm³/mol. The van der Waals surface area contributed by atoms with Crippen molar-refractivity contribution in [2.45, 2.75) is 39.2 Å². The fourth-order valence-corrected chi connectivity index (χ4v) is 4.64. The summed E-state index contributed by atoms with van der Waals surface area (Å²) < 4.78 is 5.30. The van der Waals surface area contributed by atoms with Gasteiger partial charge in [0.25, 0.3) is 5.91 Å². The van der Waals surface area contributed by atoms with Crippen molar-refractivity contribution in [3.8, 4) is 5.75 Å². The highest BCUT2D eigenvalue weighted by molar-refractivity contribution is 8.07. The topological polar surface area (TPSA) is 58.6 Å². The molecule has 1 aromatic carbocycles. The van der Waals surface area contributed by atoms with Crippen molar-refractivity contribution in [2.75, 3.05) is 13.7 Å². The Hall–Kier alpha value is -1.92. The number of thioether (sulfide) groups is 1. The first-order chi connectivity index (χ1) is 12.8. The normalized spacial score (nSPS) is 19.5. The van der Waals surface area contributed by atoms with Gasteiger partial charge in [0.1, 0.15) is 11.4 Å². The van der Waals surface area contributed by atoms with E-state index in [1.807, 2.05) is 18.7 Å². The number of nitrogens with zero attached hydrogens (tertiary/aromatic N) is 1. The zero-order chi connectivity index (χ0) is 19.8. The molecular weight excluding hydrogens is 384 g/mol. The minimum atomic E-state index is -0.437. The first kappa shape index (κ1) is 19.8. The summed E-state index contributed by atoms with van der Waals surface area (Å²) >= 11 is 7.54. The molecule has 5 nitrogen and oxygen atoms in total. The number of methoxy groups -OCH3 is 1. The van der Waals surface area contributed by atoms with Crippen LogP contribution in [0.15, 0.2) is 39.9 Å². The van der Waals surface area contributed by atoms with Crippen LogP contribution in [0, 0.1) is 0 Å². The molecule has 27 heavy (non-hydrogen) atoms. The van der Waals surface area contributed by atoms with E-state index in [-0.39, 0.29) is 11.7 Å². The summed E-state index contributed by atoms with van der Waals surface area (Å²) in [6.45, 7) is 6.74. The molecular formula is C20H23ClN2O3S. The van der Waals surface area contributed by atoms with Crippen molar-refractivity contribution < 1.29 is 14.3 Å². The molecule has 3 rings (SSSR count). The zero-order valence-corrected chi connectivity index (χ0v) is 17.5. The molecule has 2 aliphatic rings. The lowest BCUT2D eigenvalue weighted by atomic mass is 10.1. The van der Waals surface area contributed by atoms with Crippen LogP contribution in [0.1, 0.15) is 44.0 Å². The highest BCUT2D eigenvalue weighted by Crippen LogP contribution is 2.49. The lowest BCUT2D eigenvalue weighted by molar-refractivity contribution is -0.118. The summed E-state index contributed by atoms with van der Waals surface area (Å²) in [6, 6.07) is 4.97. The van der Waals surface area contributed by atoms with Gasteiger partial charge in [-0.2, -0.15) is 0 Å². The van der Waals surface area contributed by atoms with E-state index in [9.17, 15) is 9.59 Å². The summed E-state index contributed by atoms with van der Waals surface area (Å²) in [5, 5.41) is 4.25. The summed E-state index contributed by atoms with van der Waals surface area (Å²) in [5.74, 6) is 0.190. The van der Waals surface area contributed by atoms with E-state index in [2.05, 4.69) is 12.2 Å². The van der Waals surface area contributed by atoms with Crippen molar-refractivity contribution in [3.63, 3.8) is 0 Å². The number of ether oxygens (including phenoxy) is 1. The van der Waals surface area contributed by atoms with Gasteiger partial charge in [-0.3, -0.25) is 9.59 Å². The Kier molecular flexibility index (Phi) is 5.58. The van der Waals surface area contributed by atoms with Crippen LogP contribution in [0.2, 0.25) is 5.02 Å². The van der Waals surface area contributed by atoms with E-state index < -0.39 is 5.54 Å². The molecule has 2 aliphatic heterocycles. The lowest BCUT2D eigenvalue weighted by Crippen LogP contribution is -2.39. The van der Waals surface area contributed by atoms with Gasteiger partial charge in [0.05, 0.1) is 23.2 Å². The summed E-state index contributed by atoms with van der Waals surface area (Å²) in [6.07, 6.45) is 3.51. The Bertz CT molecular complexity index is 861. The van der Waals surface area contributed by atoms with Crippen molar-refractivity contribution in [1.29, 1.82) is 0 Å². The third-order valence-electron chi connectivity index (χ3n) is 4.58. The third kappa shape index (κ3) is 3.73. The molecule has 0 unspecified atom stereocenters. The van der Waals surface area contributed by atoms with Gasteiger partial charge in [0.15, 0.2) is 5.78 Å². The third-order valence-corrected chi connectivity index (χ3v) is 6.27. The molecule has 2 heterocycles. The SMILES string of the molecule is CCCCN1C2=C(S/C1=C\C(=O)c1cc(Cl)ccc1OC)C(C)(C)NC2=O. The number of hydrogen-bond donors (Lipinski definition) is 1. The van der Waals surface area contributed by atoms with Crippen molar-refractivity contribution >= 4 is 35.1 Å². The van der Waals surface area contributed by atoms with Gasteiger partial charge in [0.2, 0.25) is 0 Å². The number of nitrogens with one attached hydrogen (secondary N) is 1. The Morgan fingerprint density at radius 3 is 2.81 bits per heavy atom. The second-order valence-corrected chi connectivity index (χ2v) is 8.52. The number of benzene rings is 1. The Morgan fingerprint density at radius 1 is 1.41 bits per heavy atom. The first-order valence-corrected chi connectivity index (χ1v) is 10.1. The number of allylic oxidation sites excluding steroid dienone is 1. The Morgan fingerprint density at radius 2 is 2.15 bits per heavy atom. The monoisotopic (exact) mass is 406 g/mol. The van der Waals surface area contributed by atoms with Gasteiger partial charge < -0.3 is 15.0 Å². The largest absolute Gasteiger partial charge is 0.496 e. The van der Waals surface area contributed by atoms with Crippen LogP contribution >= 0.6 is 23.4 Å². The number of halogens is 1. The van der Waals surface area contributed by atoms with Gasteiger partial charge in [0, 0.05) is 22.5 Å². The standard InChI is InChI=1S/C20H23ClN2O3S/c1-5-6-9-23-16(27-18-17(23)19(25)22-20(18,2)3)11-14(24)13-10-12(21)7-8-15(13)26-4/h7-8,10-11H,5-6,9H2,1-4H3,(H,22,25)/b16-11-. The van der Waals surface area contributed by atoms with Gasteiger partial charge in [-0.1, -0.05) is 36.7 Å². The fourth-order valence-electron chi connectivity index (χ4n) is 3.20. The molecule has 1 amide bonds. The fraction of sp³-hybridized carbons (Fsp3) is 0.400. The molecule has 0 fully saturated rings. The van der Waals surface area contributed by atoms with Crippen LogP contribution < -0.4 is 10.1 Å². The van der Waals surface area contributed by atoms with Crippen molar-refractivity contribution in [1.82, 2.24) is 10.2 Å². The molecule has 0 atom stereocenters. The summed E-state index contributed by atoms with van der Waals surface area (Å²) in [7, 11) is 1.52. The van der Waals surface area contributed by atoms with Gasteiger partial charge >= 0.3 is 0 Å². The molecule has 0 saturated carbocycles. The van der Waals surface area contributed by atoms with Crippen LogP contribution in [-0.4, -0.2) is 35.8 Å². The van der Waals surface area contributed by atoms with E-state index in [0.29, 0.717) is 28.6 Å². The van der Waals surface area contributed by atoms with Gasteiger partial charge in [-0.25, -0.2) is 0 Å². The zero-order valence-electron chi connectivity index (χ0n) is 15.9. The van der Waals surface area contributed by atoms with E-state index >= 15 is 0 Å². The van der Waals surface area contributed by atoms with E-state index in [1.165, 1.54) is 18.9 Å². The molecule has 0 bridgehead atoms. The maximum absolute atomic E-state index is 12.9. The molecule has 7 heteroatoms. The number of ketones is 1. The second-order valence-electron chi connectivity index (χ2n) is 7.06. The molecule has 0 spiro atoms. The molecule has 0 aromatic heterocycles. The number of carbonyl (C=O) groups excluding carboxylic acids is 2. The average molecular weight is 407 g/mol. The van der Waals surface area contributed by atoms with Crippen LogP contribution in [0.4, 0.5) is 0 Å². The van der Waals surface area contributed by atoms with E-state index in [0.717, 1.165) is 22.8 Å². The summed E-state index contributed by atoms with van der Waals surface area (Å²) in [5.41, 5.74) is 0.633. The number of hydrogen-bond acceptors (Lipinski definition) is 5. The number of unbranched alkanes of at least 4 members (excludes halogenated alkanes) is 1. The molecule has 0 aliphatic carbocycles. The predicted octanol–water partition coefficient (Wildman–Crippen LogP) is 4.34. The number of amides is 1. The smallest absolute Gasteiger partial charge is 0.269 e. The maximum Gasteiger partial charge on any atom is 0.269 e. The lowest BCUT2D eigenvalue weighted by Gasteiger charge is -2.24. The van der Waals surface area contributed by atoms with Crippen LogP contribution in [0.25, 0.3) is 0 Å².